The fourth-order valence-electron chi connectivity index (χ4n) is 3.10. The summed E-state index contributed by atoms with van der Waals surface area (Å²) in [5.74, 6) is -0.468. The lowest BCUT2D eigenvalue weighted by molar-refractivity contribution is 0.410. The Morgan fingerprint density at radius 3 is 2.52 bits per heavy atom. The summed E-state index contributed by atoms with van der Waals surface area (Å²) in [6.45, 7) is 1.71. The summed E-state index contributed by atoms with van der Waals surface area (Å²) in [5, 5.41) is 15.6. The van der Waals surface area contributed by atoms with Gasteiger partial charge >= 0.3 is 5.69 Å². The third kappa shape index (κ3) is 2.28. The van der Waals surface area contributed by atoms with Gasteiger partial charge < -0.3 is 5.11 Å². The minimum absolute atomic E-state index is 0.0833. The van der Waals surface area contributed by atoms with Crippen molar-refractivity contribution in [2.45, 2.75) is 6.92 Å². The Hall–Kier alpha value is -3.75. The first-order chi connectivity index (χ1) is 12.8. The van der Waals surface area contributed by atoms with Gasteiger partial charge in [-0.15, -0.1) is 0 Å². The standard InChI is InChI=1S/C18H15N5O4/c1-9-11(8-12-16(25)21(2)18(27)22(3)17(12)26)14-19-15(24)10-6-4-5-7-13(10)23(14)20-9/h4-8,25H,1-3H3/b11-8+. The Kier molecular flexibility index (Phi) is 3.48. The predicted molar refractivity (Wildman–Crippen MR) is 98.9 cm³/mol. The third-order valence-electron chi connectivity index (χ3n) is 4.61. The highest BCUT2D eigenvalue weighted by Crippen LogP contribution is 2.12. The summed E-state index contributed by atoms with van der Waals surface area (Å²) in [4.78, 5) is 40.8. The second-order valence-electron chi connectivity index (χ2n) is 6.26. The lowest BCUT2D eigenvalue weighted by atomic mass is 10.2. The van der Waals surface area contributed by atoms with Crippen LogP contribution in [0.25, 0.3) is 22.6 Å². The molecule has 0 aliphatic rings. The van der Waals surface area contributed by atoms with E-state index >= 15 is 0 Å². The number of rotatable bonds is 1. The average molecular weight is 365 g/mol. The lowest BCUT2D eigenvalue weighted by Crippen LogP contribution is -2.38. The smallest absolute Gasteiger partial charge is 0.333 e. The number of nitrogens with zero attached hydrogens (tertiary/aromatic N) is 5. The van der Waals surface area contributed by atoms with E-state index in [9.17, 15) is 19.5 Å². The maximum atomic E-state index is 12.5. The minimum atomic E-state index is -0.655. The molecule has 0 atom stereocenters. The lowest BCUT2D eigenvalue weighted by Gasteiger charge is -2.07. The zero-order valence-corrected chi connectivity index (χ0v) is 14.8. The second kappa shape index (κ2) is 5.63. The molecule has 0 saturated carbocycles. The van der Waals surface area contributed by atoms with Crippen LogP contribution in [0, 0.1) is 6.92 Å². The molecule has 1 N–H and O–H groups in total. The Bertz CT molecular complexity index is 1480. The predicted octanol–water partition coefficient (Wildman–Crippen LogP) is -0.798. The number of hydrogen-bond acceptors (Lipinski definition) is 6. The monoisotopic (exact) mass is 365 g/mol. The fraction of sp³-hybridized carbons (Fsp3) is 0.167. The van der Waals surface area contributed by atoms with E-state index in [4.69, 9.17) is 0 Å². The molecule has 0 radical (unpaired) electrons. The van der Waals surface area contributed by atoms with Crippen LogP contribution in [0.2, 0.25) is 0 Å². The Morgan fingerprint density at radius 2 is 1.78 bits per heavy atom. The van der Waals surface area contributed by atoms with Gasteiger partial charge in [-0.25, -0.2) is 9.31 Å². The van der Waals surface area contributed by atoms with E-state index in [0.29, 0.717) is 21.8 Å². The van der Waals surface area contributed by atoms with Crippen molar-refractivity contribution in [2.24, 2.45) is 14.1 Å². The highest BCUT2D eigenvalue weighted by molar-refractivity contribution is 5.80. The molecule has 0 aliphatic heterocycles. The fourth-order valence-corrected chi connectivity index (χ4v) is 3.10. The molecule has 0 spiro atoms. The van der Waals surface area contributed by atoms with Crippen LogP contribution in [-0.4, -0.2) is 28.8 Å². The van der Waals surface area contributed by atoms with E-state index in [1.54, 1.807) is 31.2 Å². The molecule has 0 saturated heterocycles. The van der Waals surface area contributed by atoms with Crippen molar-refractivity contribution in [3.05, 3.63) is 71.9 Å². The van der Waals surface area contributed by atoms with E-state index in [1.165, 1.54) is 24.7 Å². The molecule has 1 aromatic carbocycles. The molecule has 4 rings (SSSR count). The van der Waals surface area contributed by atoms with Crippen LogP contribution >= 0.6 is 0 Å². The maximum Gasteiger partial charge on any atom is 0.333 e. The van der Waals surface area contributed by atoms with Gasteiger partial charge in [0.25, 0.3) is 11.1 Å². The van der Waals surface area contributed by atoms with Crippen LogP contribution in [0.5, 0.6) is 5.88 Å². The minimum Gasteiger partial charge on any atom is -0.494 e. The number of aromatic nitrogens is 5. The molecular formula is C18H15N5O4. The van der Waals surface area contributed by atoms with Gasteiger partial charge in [0.15, 0.2) is 5.65 Å². The molecule has 0 unspecified atom stereocenters. The Morgan fingerprint density at radius 1 is 1.07 bits per heavy atom. The van der Waals surface area contributed by atoms with Gasteiger partial charge in [0.2, 0.25) is 5.88 Å². The van der Waals surface area contributed by atoms with Crippen molar-refractivity contribution in [1.29, 1.82) is 0 Å². The van der Waals surface area contributed by atoms with Gasteiger partial charge in [0.05, 0.1) is 16.6 Å². The molecule has 9 heteroatoms. The van der Waals surface area contributed by atoms with Gasteiger partial charge in [0.1, 0.15) is 5.56 Å². The van der Waals surface area contributed by atoms with Gasteiger partial charge in [-0.05, 0) is 25.1 Å². The molecule has 9 nitrogen and oxygen atoms in total. The average Bonchev–Trinajstić information content (AvgIpc) is 2.98. The van der Waals surface area contributed by atoms with Crippen molar-refractivity contribution in [3.8, 4) is 5.88 Å². The van der Waals surface area contributed by atoms with Crippen molar-refractivity contribution >= 4 is 22.6 Å². The highest BCUT2D eigenvalue weighted by atomic mass is 16.3. The number of para-hydroxylation sites is 1. The number of aryl methyl sites for hydroxylation is 1. The van der Waals surface area contributed by atoms with Crippen LogP contribution in [0.4, 0.5) is 0 Å². The van der Waals surface area contributed by atoms with Gasteiger partial charge in [-0.2, -0.15) is 10.1 Å². The molecule has 0 aliphatic carbocycles. The summed E-state index contributed by atoms with van der Waals surface area (Å²) in [7, 11) is 2.69. The SMILES string of the molecule is Cc1nn2c(nc(=O)c3ccccc32)/c1=C/c1c(O)n(C)c(=O)n(C)c1=O. The van der Waals surface area contributed by atoms with E-state index in [0.717, 1.165) is 9.13 Å². The van der Waals surface area contributed by atoms with Crippen LogP contribution < -0.4 is 22.0 Å². The number of fused-ring (bicyclic) bond motifs is 3. The van der Waals surface area contributed by atoms with Gasteiger partial charge in [0, 0.05) is 19.3 Å². The Labute approximate surface area is 151 Å². The number of aromatic hydroxyl groups is 1. The molecule has 27 heavy (non-hydrogen) atoms. The topological polar surface area (TPSA) is 111 Å². The molecular weight excluding hydrogens is 350 g/mol. The van der Waals surface area contributed by atoms with Crippen LogP contribution in [0.1, 0.15) is 11.3 Å². The normalized spacial score (nSPS) is 12.3. The first kappa shape index (κ1) is 16.7. The molecule has 136 valence electrons. The van der Waals surface area contributed by atoms with E-state index in [-0.39, 0.29) is 11.2 Å². The first-order valence-electron chi connectivity index (χ1n) is 8.10. The summed E-state index contributed by atoms with van der Waals surface area (Å²) < 4.78 is 3.39. The van der Waals surface area contributed by atoms with Crippen LogP contribution in [0.15, 0.2) is 38.6 Å². The molecule has 3 aromatic heterocycles. The molecule has 4 aromatic rings. The third-order valence-corrected chi connectivity index (χ3v) is 4.61. The van der Waals surface area contributed by atoms with Crippen LogP contribution in [0.3, 0.4) is 0 Å². The highest BCUT2D eigenvalue weighted by Gasteiger charge is 2.15. The number of hydrogen-bond donors (Lipinski definition) is 1. The summed E-state index contributed by atoms with van der Waals surface area (Å²) in [6, 6.07) is 6.95. The van der Waals surface area contributed by atoms with E-state index in [2.05, 4.69) is 10.1 Å². The largest absolute Gasteiger partial charge is 0.494 e. The van der Waals surface area contributed by atoms with Crippen LogP contribution in [-0.2, 0) is 14.1 Å². The zero-order chi connectivity index (χ0) is 19.5. The molecule has 0 amide bonds. The molecule has 0 fully saturated rings. The number of benzene rings is 1. The first-order valence-corrected chi connectivity index (χ1v) is 8.10. The summed E-state index contributed by atoms with van der Waals surface area (Å²) >= 11 is 0. The summed E-state index contributed by atoms with van der Waals surface area (Å²) in [6.07, 6.45) is 1.40. The van der Waals surface area contributed by atoms with E-state index < -0.39 is 22.7 Å². The van der Waals surface area contributed by atoms with Crippen molar-refractivity contribution in [3.63, 3.8) is 0 Å². The second-order valence-corrected chi connectivity index (χ2v) is 6.26. The van der Waals surface area contributed by atoms with Gasteiger partial charge in [-0.1, -0.05) is 12.1 Å². The van der Waals surface area contributed by atoms with Gasteiger partial charge in [-0.3, -0.25) is 18.7 Å². The summed E-state index contributed by atoms with van der Waals surface area (Å²) in [5.41, 5.74) is -0.409. The zero-order valence-electron chi connectivity index (χ0n) is 14.8. The maximum absolute atomic E-state index is 12.5. The quantitative estimate of drug-likeness (QED) is 0.473. The molecule has 3 heterocycles. The molecule has 0 bridgehead atoms. The van der Waals surface area contributed by atoms with Crippen molar-refractivity contribution in [2.75, 3.05) is 0 Å². The van der Waals surface area contributed by atoms with E-state index in [1.807, 2.05) is 0 Å². The van der Waals surface area contributed by atoms with Crippen molar-refractivity contribution < 1.29 is 5.11 Å². The van der Waals surface area contributed by atoms with Crippen molar-refractivity contribution in [1.82, 2.24) is 23.7 Å². The Balaban J connectivity index is 2.19.